The molecule has 1 saturated carbocycles. The van der Waals surface area contributed by atoms with Crippen LogP contribution in [0.15, 0.2) is 18.2 Å². The Morgan fingerprint density at radius 1 is 1.15 bits per heavy atom. The van der Waals surface area contributed by atoms with Gasteiger partial charge in [0.15, 0.2) is 5.78 Å². The third-order valence-corrected chi connectivity index (χ3v) is 4.05. The first kappa shape index (κ1) is 15.3. The standard InChI is InChI=1S/C14H13ClF4O/c15-11-7-9(3-6-12(11)16)13(20)8-1-4-10(5-2-8)14(17,18)19/h3,6-8,10H,1-2,4-5H2/t8-,10-. The van der Waals surface area contributed by atoms with Crippen LogP contribution in [0.1, 0.15) is 36.0 Å². The average molecular weight is 309 g/mol. The molecule has 6 heteroatoms. The van der Waals surface area contributed by atoms with Gasteiger partial charge in [0.2, 0.25) is 0 Å². The Balaban J connectivity index is 2.03. The number of halogens is 5. The van der Waals surface area contributed by atoms with Crippen molar-refractivity contribution in [1.29, 1.82) is 0 Å². The molecular formula is C14H13ClF4O. The van der Waals surface area contributed by atoms with Crippen molar-refractivity contribution in [2.75, 3.05) is 0 Å². The summed E-state index contributed by atoms with van der Waals surface area (Å²) < 4.78 is 50.7. The van der Waals surface area contributed by atoms with E-state index < -0.39 is 23.8 Å². The van der Waals surface area contributed by atoms with Crippen molar-refractivity contribution in [1.82, 2.24) is 0 Å². The second-order valence-corrected chi connectivity index (χ2v) is 5.49. The van der Waals surface area contributed by atoms with E-state index in [2.05, 4.69) is 0 Å². The van der Waals surface area contributed by atoms with Crippen molar-refractivity contribution in [3.8, 4) is 0 Å². The van der Waals surface area contributed by atoms with Crippen LogP contribution in [0.3, 0.4) is 0 Å². The SMILES string of the molecule is O=C(c1ccc(F)c(Cl)c1)[C@H]1CC[C@H](C(F)(F)F)CC1. The first-order chi connectivity index (χ1) is 9.29. The Labute approximate surface area is 118 Å². The van der Waals surface area contributed by atoms with Crippen molar-refractivity contribution >= 4 is 17.4 Å². The van der Waals surface area contributed by atoms with Gasteiger partial charge < -0.3 is 0 Å². The molecule has 1 aromatic rings. The summed E-state index contributed by atoms with van der Waals surface area (Å²) in [4.78, 5) is 12.2. The molecule has 20 heavy (non-hydrogen) atoms. The normalized spacial score (nSPS) is 23.6. The molecular weight excluding hydrogens is 296 g/mol. The van der Waals surface area contributed by atoms with Gasteiger partial charge in [-0.15, -0.1) is 0 Å². The number of hydrogen-bond donors (Lipinski definition) is 0. The van der Waals surface area contributed by atoms with E-state index in [1.807, 2.05) is 0 Å². The number of hydrogen-bond acceptors (Lipinski definition) is 1. The Morgan fingerprint density at radius 3 is 2.25 bits per heavy atom. The molecule has 0 N–H and O–H groups in total. The van der Waals surface area contributed by atoms with Crippen molar-refractivity contribution in [2.24, 2.45) is 11.8 Å². The lowest BCUT2D eigenvalue weighted by Crippen LogP contribution is -2.30. The van der Waals surface area contributed by atoms with Gasteiger partial charge in [0.1, 0.15) is 5.82 Å². The Kier molecular flexibility index (Phi) is 4.37. The highest BCUT2D eigenvalue weighted by Crippen LogP contribution is 2.40. The van der Waals surface area contributed by atoms with Gasteiger partial charge in [0.25, 0.3) is 0 Å². The molecule has 2 rings (SSSR count). The maximum atomic E-state index is 13.0. The monoisotopic (exact) mass is 308 g/mol. The number of alkyl halides is 3. The molecule has 1 aliphatic carbocycles. The fraction of sp³-hybridized carbons (Fsp3) is 0.500. The zero-order valence-electron chi connectivity index (χ0n) is 10.5. The summed E-state index contributed by atoms with van der Waals surface area (Å²) in [6, 6.07) is 3.64. The van der Waals surface area contributed by atoms with Gasteiger partial charge in [0.05, 0.1) is 10.9 Å². The summed E-state index contributed by atoms with van der Waals surface area (Å²) >= 11 is 5.60. The second-order valence-electron chi connectivity index (χ2n) is 5.08. The molecule has 0 aromatic heterocycles. The van der Waals surface area contributed by atoms with E-state index >= 15 is 0 Å². The van der Waals surface area contributed by atoms with Gasteiger partial charge in [-0.2, -0.15) is 13.2 Å². The summed E-state index contributed by atoms with van der Waals surface area (Å²) in [7, 11) is 0. The number of carbonyl (C=O) groups excluding carboxylic acids is 1. The summed E-state index contributed by atoms with van der Waals surface area (Å²) in [5.41, 5.74) is 0.256. The fourth-order valence-corrected chi connectivity index (χ4v) is 2.75. The van der Waals surface area contributed by atoms with Crippen LogP contribution in [0.5, 0.6) is 0 Å². The summed E-state index contributed by atoms with van der Waals surface area (Å²) in [5.74, 6) is -2.63. The topological polar surface area (TPSA) is 17.1 Å². The lowest BCUT2D eigenvalue weighted by molar-refractivity contribution is -0.183. The van der Waals surface area contributed by atoms with E-state index in [1.165, 1.54) is 12.1 Å². The molecule has 0 unspecified atom stereocenters. The van der Waals surface area contributed by atoms with Gasteiger partial charge in [0, 0.05) is 11.5 Å². The second kappa shape index (κ2) is 5.72. The molecule has 1 aliphatic rings. The van der Waals surface area contributed by atoms with Crippen LogP contribution in [0.4, 0.5) is 17.6 Å². The minimum absolute atomic E-state index is 0.0329. The van der Waals surface area contributed by atoms with E-state index in [-0.39, 0.29) is 42.1 Å². The Bertz CT molecular complexity index is 504. The first-order valence-corrected chi connectivity index (χ1v) is 6.73. The highest BCUT2D eigenvalue weighted by Gasteiger charge is 2.42. The molecule has 0 aliphatic heterocycles. The number of ketones is 1. The van der Waals surface area contributed by atoms with E-state index in [9.17, 15) is 22.4 Å². The van der Waals surface area contributed by atoms with Crippen LogP contribution >= 0.6 is 11.6 Å². The Hall–Kier alpha value is -1.10. The molecule has 0 bridgehead atoms. The van der Waals surface area contributed by atoms with Gasteiger partial charge >= 0.3 is 6.18 Å². The van der Waals surface area contributed by atoms with Crippen LogP contribution in [0, 0.1) is 17.7 Å². The van der Waals surface area contributed by atoms with Gasteiger partial charge in [-0.05, 0) is 43.9 Å². The molecule has 1 nitrogen and oxygen atoms in total. The average Bonchev–Trinajstić information content (AvgIpc) is 2.40. The molecule has 1 aromatic carbocycles. The zero-order valence-corrected chi connectivity index (χ0v) is 11.3. The van der Waals surface area contributed by atoms with Crippen molar-refractivity contribution in [3.05, 3.63) is 34.6 Å². The van der Waals surface area contributed by atoms with Gasteiger partial charge in [-0.3, -0.25) is 4.79 Å². The molecule has 0 saturated heterocycles. The maximum absolute atomic E-state index is 13.0. The minimum Gasteiger partial charge on any atom is -0.294 e. The third-order valence-electron chi connectivity index (χ3n) is 3.76. The Morgan fingerprint density at radius 2 is 1.75 bits per heavy atom. The highest BCUT2D eigenvalue weighted by atomic mass is 35.5. The van der Waals surface area contributed by atoms with E-state index in [0.29, 0.717) is 0 Å². The van der Waals surface area contributed by atoms with Crippen LogP contribution in [0.25, 0.3) is 0 Å². The van der Waals surface area contributed by atoms with E-state index in [0.717, 1.165) is 6.07 Å². The summed E-state index contributed by atoms with van der Waals surface area (Å²) in [5, 5.41) is -0.153. The smallest absolute Gasteiger partial charge is 0.294 e. The largest absolute Gasteiger partial charge is 0.391 e. The molecule has 0 amide bonds. The highest BCUT2D eigenvalue weighted by molar-refractivity contribution is 6.31. The van der Waals surface area contributed by atoms with Gasteiger partial charge in [-0.25, -0.2) is 4.39 Å². The maximum Gasteiger partial charge on any atom is 0.391 e. The summed E-state index contributed by atoms with van der Waals surface area (Å²) in [6.45, 7) is 0. The van der Waals surface area contributed by atoms with E-state index in [4.69, 9.17) is 11.6 Å². The van der Waals surface area contributed by atoms with Crippen LogP contribution in [0.2, 0.25) is 5.02 Å². The summed E-state index contributed by atoms with van der Waals surface area (Å²) in [6.07, 6.45) is -3.84. The predicted molar refractivity (Wildman–Crippen MR) is 67.2 cm³/mol. The molecule has 110 valence electrons. The van der Waals surface area contributed by atoms with Crippen LogP contribution in [-0.2, 0) is 0 Å². The van der Waals surface area contributed by atoms with Crippen LogP contribution in [-0.4, -0.2) is 12.0 Å². The van der Waals surface area contributed by atoms with E-state index in [1.54, 1.807) is 0 Å². The number of benzene rings is 1. The molecule has 0 radical (unpaired) electrons. The molecule has 0 atom stereocenters. The lowest BCUT2D eigenvalue weighted by atomic mass is 9.78. The molecule has 1 fully saturated rings. The van der Waals surface area contributed by atoms with Crippen LogP contribution < -0.4 is 0 Å². The number of rotatable bonds is 2. The lowest BCUT2D eigenvalue weighted by Gasteiger charge is -2.29. The van der Waals surface area contributed by atoms with Crippen molar-refractivity contribution in [2.45, 2.75) is 31.9 Å². The van der Waals surface area contributed by atoms with Crippen molar-refractivity contribution in [3.63, 3.8) is 0 Å². The van der Waals surface area contributed by atoms with Crippen molar-refractivity contribution < 1.29 is 22.4 Å². The zero-order chi connectivity index (χ0) is 14.9. The first-order valence-electron chi connectivity index (χ1n) is 6.35. The minimum atomic E-state index is -4.19. The predicted octanol–water partition coefficient (Wildman–Crippen LogP) is 5.03. The molecule has 0 spiro atoms. The molecule has 0 heterocycles. The third kappa shape index (κ3) is 3.32. The van der Waals surface area contributed by atoms with Gasteiger partial charge in [-0.1, -0.05) is 11.6 Å². The number of Topliss-reactive ketones (excluding diaryl/α,β-unsaturated/α-hetero) is 1. The fourth-order valence-electron chi connectivity index (χ4n) is 2.57. The quantitative estimate of drug-likeness (QED) is 0.553. The number of carbonyl (C=O) groups is 1.